The van der Waals surface area contributed by atoms with E-state index in [1.807, 2.05) is 20.8 Å². The van der Waals surface area contributed by atoms with Gasteiger partial charge in [0.15, 0.2) is 0 Å². The van der Waals surface area contributed by atoms with Gasteiger partial charge in [-0.05, 0) is 73.1 Å². The second-order valence-electron chi connectivity index (χ2n) is 7.90. The van der Waals surface area contributed by atoms with Crippen LogP contribution in [0.1, 0.15) is 73.6 Å². The minimum atomic E-state index is -0.359. The highest BCUT2D eigenvalue weighted by Crippen LogP contribution is 2.28. The van der Waals surface area contributed by atoms with Crippen LogP contribution in [0.25, 0.3) is 0 Å². The number of nitrogens with one attached hydrogen (secondary N) is 1. The first-order valence-corrected chi connectivity index (χ1v) is 7.55. The van der Waals surface area contributed by atoms with Crippen molar-refractivity contribution in [3.8, 4) is 0 Å². The van der Waals surface area contributed by atoms with Crippen LogP contribution < -0.4 is 5.32 Å². The highest BCUT2D eigenvalue weighted by Gasteiger charge is 2.27. The fourth-order valence-corrected chi connectivity index (χ4v) is 2.74. The molecule has 1 fully saturated rings. The topological polar surface area (TPSA) is 38.3 Å². The van der Waals surface area contributed by atoms with E-state index in [2.05, 4.69) is 26.1 Å². The lowest BCUT2D eigenvalue weighted by Crippen LogP contribution is -2.45. The number of hydrogen-bond acceptors (Lipinski definition) is 3. The molecule has 0 saturated heterocycles. The Morgan fingerprint density at radius 3 is 2.00 bits per heavy atom. The third-order valence-electron chi connectivity index (χ3n) is 3.36. The van der Waals surface area contributed by atoms with E-state index < -0.39 is 0 Å². The molecule has 112 valence electrons. The van der Waals surface area contributed by atoms with Crippen molar-refractivity contribution < 1.29 is 9.53 Å². The zero-order chi connectivity index (χ0) is 14.7. The van der Waals surface area contributed by atoms with Crippen molar-refractivity contribution in [1.29, 1.82) is 0 Å². The molecule has 1 aliphatic rings. The summed E-state index contributed by atoms with van der Waals surface area (Å²) in [6.07, 6.45) is 5.19. The van der Waals surface area contributed by atoms with Crippen molar-refractivity contribution in [2.45, 2.75) is 90.8 Å². The van der Waals surface area contributed by atoms with E-state index in [0.717, 1.165) is 12.8 Å². The molecule has 0 atom stereocenters. The summed E-state index contributed by atoms with van der Waals surface area (Å²) in [5.74, 6) is 0.465. The van der Waals surface area contributed by atoms with E-state index in [4.69, 9.17) is 4.74 Å². The number of hydrogen-bond donors (Lipinski definition) is 1. The molecular formula is C16H31NO2. The lowest BCUT2D eigenvalue weighted by atomic mass is 9.83. The maximum absolute atomic E-state index is 11.8. The normalized spacial score (nSPS) is 25.2. The quantitative estimate of drug-likeness (QED) is 0.795. The van der Waals surface area contributed by atoms with Crippen LogP contribution in [0.4, 0.5) is 0 Å². The largest absolute Gasteiger partial charge is 0.460 e. The van der Waals surface area contributed by atoms with Crippen LogP contribution in [0.15, 0.2) is 0 Å². The summed E-state index contributed by atoms with van der Waals surface area (Å²) < 4.78 is 5.39. The summed E-state index contributed by atoms with van der Waals surface area (Å²) in [5, 5.41) is 3.65. The molecule has 0 unspecified atom stereocenters. The number of carbonyl (C=O) groups excluding carboxylic acids is 1. The third-order valence-corrected chi connectivity index (χ3v) is 3.36. The fourth-order valence-electron chi connectivity index (χ4n) is 2.74. The Morgan fingerprint density at radius 1 is 1.05 bits per heavy atom. The van der Waals surface area contributed by atoms with Crippen LogP contribution in [0, 0.1) is 5.92 Å². The first-order chi connectivity index (χ1) is 8.55. The van der Waals surface area contributed by atoms with Gasteiger partial charge in [0.2, 0.25) is 0 Å². The van der Waals surface area contributed by atoms with Crippen LogP contribution in [0.2, 0.25) is 0 Å². The molecule has 19 heavy (non-hydrogen) atoms. The van der Waals surface area contributed by atoms with Gasteiger partial charge in [0.1, 0.15) is 5.60 Å². The molecule has 0 radical (unpaired) electrons. The highest BCUT2D eigenvalue weighted by atomic mass is 16.6. The Labute approximate surface area is 118 Å². The van der Waals surface area contributed by atoms with Gasteiger partial charge in [-0.25, -0.2) is 0 Å². The second-order valence-corrected chi connectivity index (χ2v) is 7.90. The van der Waals surface area contributed by atoms with E-state index >= 15 is 0 Å². The molecule has 0 heterocycles. The molecule has 1 rings (SSSR count). The monoisotopic (exact) mass is 269 g/mol. The zero-order valence-corrected chi connectivity index (χ0v) is 13.5. The van der Waals surface area contributed by atoms with Gasteiger partial charge in [-0.1, -0.05) is 0 Å². The van der Waals surface area contributed by atoms with Crippen molar-refractivity contribution in [2.24, 2.45) is 5.92 Å². The summed E-state index contributed by atoms with van der Waals surface area (Å²) in [5.41, 5.74) is -0.176. The van der Waals surface area contributed by atoms with Gasteiger partial charge in [0.05, 0.1) is 0 Å². The predicted octanol–water partition coefficient (Wildman–Crippen LogP) is 3.67. The Morgan fingerprint density at radius 2 is 1.58 bits per heavy atom. The first-order valence-electron chi connectivity index (χ1n) is 7.55. The summed E-state index contributed by atoms with van der Waals surface area (Å²) in [6.45, 7) is 12.4. The number of ether oxygens (including phenoxy) is 1. The summed E-state index contributed by atoms with van der Waals surface area (Å²) in [7, 11) is 0. The van der Waals surface area contributed by atoms with E-state index in [1.54, 1.807) is 0 Å². The fraction of sp³-hybridized carbons (Fsp3) is 0.938. The van der Waals surface area contributed by atoms with Crippen molar-refractivity contribution in [3.63, 3.8) is 0 Å². The number of rotatable bonds is 3. The van der Waals surface area contributed by atoms with E-state index in [0.29, 0.717) is 18.4 Å². The van der Waals surface area contributed by atoms with Gasteiger partial charge in [-0.15, -0.1) is 0 Å². The number of esters is 1. The summed E-state index contributed by atoms with van der Waals surface area (Å²) in [4.78, 5) is 11.8. The van der Waals surface area contributed by atoms with Crippen LogP contribution in [0.5, 0.6) is 0 Å². The van der Waals surface area contributed by atoms with Gasteiger partial charge < -0.3 is 10.1 Å². The lowest BCUT2D eigenvalue weighted by molar-refractivity contribution is -0.156. The second kappa shape index (κ2) is 6.25. The van der Waals surface area contributed by atoms with Gasteiger partial charge in [-0.2, -0.15) is 0 Å². The van der Waals surface area contributed by atoms with Crippen molar-refractivity contribution >= 4 is 5.97 Å². The van der Waals surface area contributed by atoms with E-state index in [1.165, 1.54) is 12.8 Å². The smallest absolute Gasteiger partial charge is 0.306 e. The summed E-state index contributed by atoms with van der Waals surface area (Å²) in [6, 6.07) is 0.606. The molecule has 0 aromatic carbocycles. The standard InChI is InChI=1S/C16H31NO2/c1-15(2,3)17-13-9-7-12(8-10-13)11-14(18)19-16(4,5)6/h12-13,17H,7-11H2,1-6H3. The highest BCUT2D eigenvalue weighted by molar-refractivity contribution is 5.70. The Bertz CT molecular complexity index is 291. The molecule has 0 amide bonds. The molecule has 3 heteroatoms. The molecular weight excluding hydrogens is 238 g/mol. The molecule has 3 nitrogen and oxygen atoms in total. The number of carbonyl (C=O) groups is 1. The molecule has 1 saturated carbocycles. The maximum atomic E-state index is 11.8. The molecule has 0 aliphatic heterocycles. The van der Waals surface area contributed by atoms with Crippen LogP contribution >= 0.6 is 0 Å². The minimum Gasteiger partial charge on any atom is -0.460 e. The van der Waals surface area contributed by atoms with E-state index in [-0.39, 0.29) is 17.1 Å². The third kappa shape index (κ3) is 7.56. The van der Waals surface area contributed by atoms with Crippen molar-refractivity contribution in [1.82, 2.24) is 5.32 Å². The Hall–Kier alpha value is -0.570. The molecule has 1 N–H and O–H groups in total. The molecule has 0 spiro atoms. The van der Waals surface area contributed by atoms with E-state index in [9.17, 15) is 4.79 Å². The van der Waals surface area contributed by atoms with Gasteiger partial charge >= 0.3 is 5.97 Å². The summed E-state index contributed by atoms with van der Waals surface area (Å²) >= 11 is 0. The maximum Gasteiger partial charge on any atom is 0.306 e. The van der Waals surface area contributed by atoms with Crippen molar-refractivity contribution in [2.75, 3.05) is 0 Å². The van der Waals surface area contributed by atoms with Gasteiger partial charge in [0, 0.05) is 18.0 Å². The van der Waals surface area contributed by atoms with Gasteiger partial charge in [-0.3, -0.25) is 4.79 Å². The van der Waals surface area contributed by atoms with Crippen LogP contribution in [0.3, 0.4) is 0 Å². The average Bonchev–Trinajstić information content (AvgIpc) is 2.15. The van der Waals surface area contributed by atoms with Gasteiger partial charge in [0.25, 0.3) is 0 Å². The Kier molecular flexibility index (Phi) is 5.43. The van der Waals surface area contributed by atoms with Crippen molar-refractivity contribution in [3.05, 3.63) is 0 Å². The molecule has 1 aliphatic carbocycles. The SMILES string of the molecule is CC(C)(C)NC1CCC(CC(=O)OC(C)(C)C)CC1. The van der Waals surface area contributed by atoms with Crippen LogP contribution in [-0.4, -0.2) is 23.2 Å². The Balaban J connectivity index is 2.29. The molecule has 0 bridgehead atoms. The average molecular weight is 269 g/mol. The predicted molar refractivity (Wildman–Crippen MR) is 79.1 cm³/mol. The first kappa shape index (κ1) is 16.5. The molecule has 0 aromatic rings. The van der Waals surface area contributed by atoms with Crippen LogP contribution in [-0.2, 0) is 9.53 Å². The minimum absolute atomic E-state index is 0.0419. The molecule has 0 aromatic heterocycles. The zero-order valence-electron chi connectivity index (χ0n) is 13.5. The lowest BCUT2D eigenvalue weighted by Gasteiger charge is -2.34.